The largest absolute Gasteiger partial charge is 0.320 e. The quantitative estimate of drug-likeness (QED) is 0.780. The normalized spacial score (nSPS) is 13.0. The molecule has 2 rings (SSSR count). The van der Waals surface area contributed by atoms with E-state index in [9.17, 15) is 0 Å². The van der Waals surface area contributed by atoms with Crippen LogP contribution < -0.4 is 5.73 Å². The minimum Gasteiger partial charge on any atom is -0.320 e. The summed E-state index contributed by atoms with van der Waals surface area (Å²) < 4.78 is 0. The minimum atomic E-state index is -0.0604. The van der Waals surface area contributed by atoms with E-state index in [0.29, 0.717) is 11.8 Å². The molecule has 0 aliphatic rings. The van der Waals surface area contributed by atoms with Crippen LogP contribution >= 0.6 is 0 Å². The molecule has 2 aromatic carbocycles. The summed E-state index contributed by atoms with van der Waals surface area (Å²) in [4.78, 5) is 0. The number of aryl methyl sites for hydroxylation is 2. The van der Waals surface area contributed by atoms with Crippen LogP contribution in [0.15, 0.2) is 36.4 Å². The van der Waals surface area contributed by atoms with Gasteiger partial charge in [0.25, 0.3) is 0 Å². The van der Waals surface area contributed by atoms with Crippen molar-refractivity contribution < 1.29 is 0 Å². The monoisotopic (exact) mass is 295 g/mol. The van der Waals surface area contributed by atoms with Crippen LogP contribution in [0.3, 0.4) is 0 Å². The van der Waals surface area contributed by atoms with Gasteiger partial charge >= 0.3 is 0 Å². The van der Waals surface area contributed by atoms with Crippen molar-refractivity contribution in [1.29, 1.82) is 0 Å². The molecule has 2 N–H and O–H groups in total. The Balaban J connectivity index is 2.50. The Morgan fingerprint density at radius 3 is 1.36 bits per heavy atom. The zero-order valence-corrected chi connectivity index (χ0v) is 14.8. The van der Waals surface area contributed by atoms with Gasteiger partial charge in [0, 0.05) is 0 Å². The predicted molar refractivity (Wildman–Crippen MR) is 96.6 cm³/mol. The molecule has 1 atom stereocenters. The smallest absolute Gasteiger partial charge is 0.0552 e. The summed E-state index contributed by atoms with van der Waals surface area (Å²) in [5, 5.41) is 0. The fourth-order valence-corrected chi connectivity index (χ4v) is 2.93. The first-order chi connectivity index (χ1) is 10.3. The van der Waals surface area contributed by atoms with Crippen molar-refractivity contribution in [2.75, 3.05) is 0 Å². The highest BCUT2D eigenvalue weighted by atomic mass is 14.6. The van der Waals surface area contributed by atoms with Crippen molar-refractivity contribution in [2.24, 2.45) is 5.73 Å². The van der Waals surface area contributed by atoms with Crippen molar-refractivity contribution >= 4 is 0 Å². The molecule has 0 fully saturated rings. The van der Waals surface area contributed by atoms with E-state index >= 15 is 0 Å². The molecule has 1 heteroatoms. The second-order valence-corrected chi connectivity index (χ2v) is 7.14. The van der Waals surface area contributed by atoms with E-state index < -0.39 is 0 Å². The summed E-state index contributed by atoms with van der Waals surface area (Å²) >= 11 is 0. The molecule has 0 radical (unpaired) electrons. The molecule has 0 heterocycles. The van der Waals surface area contributed by atoms with E-state index in [1.807, 2.05) is 0 Å². The van der Waals surface area contributed by atoms with E-state index in [1.165, 1.54) is 33.4 Å². The lowest BCUT2D eigenvalue weighted by Gasteiger charge is -2.19. The van der Waals surface area contributed by atoms with E-state index in [2.05, 4.69) is 77.9 Å². The Hall–Kier alpha value is -1.60. The Labute approximate surface area is 135 Å². The fourth-order valence-electron chi connectivity index (χ4n) is 2.93. The molecule has 0 bridgehead atoms. The summed E-state index contributed by atoms with van der Waals surface area (Å²) in [5.74, 6) is 1.03. The molecule has 118 valence electrons. The van der Waals surface area contributed by atoms with Gasteiger partial charge in [0.05, 0.1) is 6.04 Å². The zero-order chi connectivity index (χ0) is 16.4. The summed E-state index contributed by atoms with van der Waals surface area (Å²) in [5.41, 5.74) is 14.3. The fraction of sp³-hybridized carbons (Fsp3) is 0.429. The zero-order valence-electron chi connectivity index (χ0n) is 14.8. The van der Waals surface area contributed by atoms with Crippen molar-refractivity contribution in [3.8, 4) is 0 Å². The third kappa shape index (κ3) is 3.78. The van der Waals surface area contributed by atoms with Gasteiger partial charge in [-0.15, -0.1) is 0 Å². The van der Waals surface area contributed by atoms with Crippen molar-refractivity contribution in [2.45, 2.75) is 59.4 Å². The second kappa shape index (κ2) is 6.66. The van der Waals surface area contributed by atoms with Gasteiger partial charge < -0.3 is 5.73 Å². The van der Waals surface area contributed by atoms with Gasteiger partial charge in [-0.1, -0.05) is 75.2 Å². The number of hydrogen-bond acceptors (Lipinski definition) is 1. The van der Waals surface area contributed by atoms with Crippen molar-refractivity contribution in [3.63, 3.8) is 0 Å². The van der Waals surface area contributed by atoms with Crippen LogP contribution in [0.5, 0.6) is 0 Å². The molecule has 22 heavy (non-hydrogen) atoms. The third-order valence-electron chi connectivity index (χ3n) is 4.30. The standard InChI is InChI=1S/C21H29N/c1-13(2)17-10-18(14(3)4)12-20(11-17)21(22)19-8-15(5)7-16(6)9-19/h7-14,21H,22H2,1-6H3. The minimum absolute atomic E-state index is 0.0604. The maximum Gasteiger partial charge on any atom is 0.0552 e. The predicted octanol–water partition coefficient (Wildman–Crippen LogP) is 5.60. The number of rotatable bonds is 4. The molecule has 0 amide bonds. The van der Waals surface area contributed by atoms with Crippen LogP contribution in [-0.2, 0) is 0 Å². The van der Waals surface area contributed by atoms with Gasteiger partial charge in [0.1, 0.15) is 0 Å². The SMILES string of the molecule is Cc1cc(C)cc(C(N)c2cc(C(C)C)cc(C(C)C)c2)c1. The molecule has 1 nitrogen and oxygen atoms in total. The maximum atomic E-state index is 6.59. The van der Waals surface area contributed by atoms with Crippen LogP contribution in [0.1, 0.15) is 79.0 Å². The van der Waals surface area contributed by atoms with E-state index in [-0.39, 0.29) is 6.04 Å². The molecule has 0 aromatic heterocycles. The van der Waals surface area contributed by atoms with Crippen molar-refractivity contribution in [1.82, 2.24) is 0 Å². The highest BCUT2D eigenvalue weighted by molar-refractivity contribution is 5.41. The van der Waals surface area contributed by atoms with Gasteiger partial charge in [0.2, 0.25) is 0 Å². The summed E-state index contributed by atoms with van der Waals surface area (Å²) in [7, 11) is 0. The molecule has 1 unspecified atom stereocenters. The Morgan fingerprint density at radius 1 is 0.591 bits per heavy atom. The topological polar surface area (TPSA) is 26.0 Å². The van der Waals surface area contributed by atoms with Gasteiger partial charge in [-0.3, -0.25) is 0 Å². The molecular weight excluding hydrogens is 266 g/mol. The molecule has 2 aromatic rings. The Morgan fingerprint density at radius 2 is 0.955 bits per heavy atom. The third-order valence-corrected chi connectivity index (χ3v) is 4.30. The van der Waals surface area contributed by atoms with Crippen LogP contribution in [0, 0.1) is 13.8 Å². The van der Waals surface area contributed by atoms with E-state index in [0.717, 1.165) is 0 Å². The first kappa shape index (κ1) is 16.8. The Bertz CT molecular complexity index is 606. The first-order valence-corrected chi connectivity index (χ1v) is 8.26. The molecule has 0 saturated carbocycles. The van der Waals surface area contributed by atoms with Crippen LogP contribution in [0.25, 0.3) is 0 Å². The van der Waals surface area contributed by atoms with Crippen molar-refractivity contribution in [3.05, 3.63) is 69.8 Å². The highest BCUT2D eigenvalue weighted by Crippen LogP contribution is 2.29. The van der Waals surface area contributed by atoms with Crippen LogP contribution in [0.2, 0.25) is 0 Å². The average molecular weight is 295 g/mol. The average Bonchev–Trinajstić information content (AvgIpc) is 2.44. The second-order valence-electron chi connectivity index (χ2n) is 7.14. The van der Waals surface area contributed by atoms with Gasteiger partial charge in [-0.05, 0) is 47.9 Å². The molecule has 0 saturated heterocycles. The molecule has 0 spiro atoms. The highest BCUT2D eigenvalue weighted by Gasteiger charge is 2.14. The summed E-state index contributed by atoms with van der Waals surface area (Å²) in [6.45, 7) is 13.2. The van der Waals surface area contributed by atoms with Crippen LogP contribution in [-0.4, -0.2) is 0 Å². The summed E-state index contributed by atoms with van der Waals surface area (Å²) in [6.07, 6.45) is 0. The summed E-state index contributed by atoms with van der Waals surface area (Å²) in [6, 6.07) is 13.4. The van der Waals surface area contributed by atoms with Crippen LogP contribution in [0.4, 0.5) is 0 Å². The lowest BCUT2D eigenvalue weighted by molar-refractivity contribution is 0.806. The van der Waals surface area contributed by atoms with E-state index in [1.54, 1.807) is 0 Å². The van der Waals surface area contributed by atoms with Gasteiger partial charge in [0.15, 0.2) is 0 Å². The Kier molecular flexibility index (Phi) is 5.08. The lowest BCUT2D eigenvalue weighted by atomic mass is 9.88. The van der Waals surface area contributed by atoms with E-state index in [4.69, 9.17) is 5.73 Å². The lowest BCUT2D eigenvalue weighted by Crippen LogP contribution is -2.13. The maximum absolute atomic E-state index is 6.59. The number of nitrogens with two attached hydrogens (primary N) is 1. The van der Waals surface area contributed by atoms with Gasteiger partial charge in [-0.2, -0.15) is 0 Å². The number of benzene rings is 2. The van der Waals surface area contributed by atoms with Gasteiger partial charge in [-0.25, -0.2) is 0 Å². The molecule has 0 aliphatic carbocycles. The first-order valence-electron chi connectivity index (χ1n) is 8.26. The number of hydrogen-bond donors (Lipinski definition) is 1. The molecule has 0 aliphatic heterocycles. The molecular formula is C21H29N.